The Morgan fingerprint density at radius 1 is 1.36 bits per heavy atom. The monoisotopic (exact) mass is 383 g/mol. The molecule has 0 atom stereocenters. The van der Waals surface area contributed by atoms with Crippen LogP contribution in [0.3, 0.4) is 0 Å². The highest BCUT2D eigenvalue weighted by Gasteiger charge is 2.22. The largest absolute Gasteiger partial charge is 0.343 e. The van der Waals surface area contributed by atoms with Crippen LogP contribution in [-0.4, -0.2) is 73.4 Å². The van der Waals surface area contributed by atoms with E-state index in [0.29, 0.717) is 24.4 Å². The molecule has 1 aromatic carbocycles. The number of aliphatic imine (C=N–C) groups is 1. The van der Waals surface area contributed by atoms with Crippen LogP contribution in [0.25, 0.3) is 11.0 Å². The molecule has 1 aromatic heterocycles. The van der Waals surface area contributed by atoms with Crippen LogP contribution in [-0.2, 0) is 10.0 Å². The summed E-state index contributed by atoms with van der Waals surface area (Å²) in [6, 6.07) is 4.91. The molecule has 9 nitrogen and oxygen atoms in total. The van der Waals surface area contributed by atoms with Crippen LogP contribution < -0.4 is 10.0 Å². The van der Waals surface area contributed by atoms with Crippen molar-refractivity contribution in [3.05, 3.63) is 18.2 Å². The maximum Gasteiger partial charge on any atom is 0.266 e. The van der Waals surface area contributed by atoms with Gasteiger partial charge in [-0.05, 0) is 39.2 Å². The summed E-state index contributed by atoms with van der Waals surface area (Å²) >= 11 is 0.991. The smallest absolute Gasteiger partial charge is 0.266 e. The van der Waals surface area contributed by atoms with Gasteiger partial charge in [-0.1, -0.05) is 6.07 Å². The van der Waals surface area contributed by atoms with Crippen molar-refractivity contribution in [3.63, 3.8) is 0 Å². The highest BCUT2D eigenvalue weighted by molar-refractivity contribution is 7.90. The molecule has 0 saturated heterocycles. The summed E-state index contributed by atoms with van der Waals surface area (Å²) in [6.07, 6.45) is 1.03. The van der Waals surface area contributed by atoms with E-state index in [1.165, 1.54) is 6.07 Å². The van der Waals surface area contributed by atoms with E-state index in [0.717, 1.165) is 31.2 Å². The Balaban J connectivity index is 1.64. The first kappa shape index (κ1) is 18.0. The second kappa shape index (κ2) is 7.60. The van der Waals surface area contributed by atoms with Crippen molar-refractivity contribution in [2.24, 2.45) is 4.99 Å². The SMILES string of the molecule is CN(C)CCCN1CN=C(NS(=O)(=O)c2cccc3nsnc23)NC1. The van der Waals surface area contributed by atoms with Gasteiger partial charge in [0, 0.05) is 6.54 Å². The molecule has 2 N–H and O–H groups in total. The summed E-state index contributed by atoms with van der Waals surface area (Å²) in [7, 11) is 0.313. The Labute approximate surface area is 151 Å². The number of aromatic nitrogens is 2. The minimum Gasteiger partial charge on any atom is -0.343 e. The lowest BCUT2D eigenvalue weighted by Crippen LogP contribution is -2.50. The third kappa shape index (κ3) is 4.42. The molecule has 0 bridgehead atoms. The van der Waals surface area contributed by atoms with Crippen molar-refractivity contribution < 1.29 is 8.42 Å². The number of rotatable bonds is 6. The molecule has 0 amide bonds. The van der Waals surface area contributed by atoms with Gasteiger partial charge in [0.1, 0.15) is 15.9 Å². The van der Waals surface area contributed by atoms with Crippen LogP contribution in [0.1, 0.15) is 6.42 Å². The highest BCUT2D eigenvalue weighted by atomic mass is 32.2. The van der Waals surface area contributed by atoms with Crippen molar-refractivity contribution in [2.45, 2.75) is 11.3 Å². The molecular weight excluding hydrogens is 362 g/mol. The van der Waals surface area contributed by atoms with Gasteiger partial charge in [-0.3, -0.25) is 4.90 Å². The normalized spacial score (nSPS) is 16.0. The van der Waals surface area contributed by atoms with Crippen molar-refractivity contribution in [1.82, 2.24) is 28.6 Å². The highest BCUT2D eigenvalue weighted by Crippen LogP contribution is 2.20. The second-order valence-corrected chi connectivity index (χ2v) is 8.21. The summed E-state index contributed by atoms with van der Waals surface area (Å²) in [5.74, 6) is 0.254. The van der Waals surface area contributed by atoms with E-state index in [4.69, 9.17) is 0 Å². The Hall–Kier alpha value is -1.82. The zero-order valence-electron chi connectivity index (χ0n) is 14.1. The first-order chi connectivity index (χ1) is 12.0. The molecular formula is C14H21N7O2S2. The van der Waals surface area contributed by atoms with Crippen LogP contribution in [0.2, 0.25) is 0 Å². The molecule has 0 radical (unpaired) electrons. The zero-order valence-corrected chi connectivity index (χ0v) is 15.8. The zero-order chi connectivity index (χ0) is 17.9. The fraction of sp³-hybridized carbons (Fsp3) is 0.500. The van der Waals surface area contributed by atoms with Crippen LogP contribution in [0.5, 0.6) is 0 Å². The number of hydrogen-bond donors (Lipinski definition) is 2. The Kier molecular flexibility index (Phi) is 5.47. The van der Waals surface area contributed by atoms with Crippen molar-refractivity contribution in [3.8, 4) is 0 Å². The minimum atomic E-state index is -3.77. The lowest BCUT2D eigenvalue weighted by atomic mass is 10.3. The van der Waals surface area contributed by atoms with Crippen LogP contribution in [0.4, 0.5) is 0 Å². The lowest BCUT2D eigenvalue weighted by molar-refractivity contribution is 0.246. The Morgan fingerprint density at radius 2 is 2.20 bits per heavy atom. The van der Waals surface area contributed by atoms with Gasteiger partial charge < -0.3 is 10.2 Å². The molecule has 3 rings (SSSR count). The van der Waals surface area contributed by atoms with Crippen LogP contribution in [0.15, 0.2) is 28.1 Å². The van der Waals surface area contributed by atoms with Gasteiger partial charge in [0.05, 0.1) is 25.1 Å². The van der Waals surface area contributed by atoms with Gasteiger partial charge >= 0.3 is 0 Å². The molecule has 0 saturated carbocycles. The summed E-state index contributed by atoms with van der Waals surface area (Å²) in [6.45, 7) is 2.92. The summed E-state index contributed by atoms with van der Waals surface area (Å²) in [5, 5.41) is 3.01. The third-order valence-corrected chi connectivity index (χ3v) is 5.66. The number of nitrogens with zero attached hydrogens (tertiary/aromatic N) is 5. The van der Waals surface area contributed by atoms with E-state index in [1.807, 2.05) is 14.1 Å². The molecule has 1 aliphatic heterocycles. The number of guanidine groups is 1. The molecule has 11 heteroatoms. The summed E-state index contributed by atoms with van der Waals surface area (Å²) in [4.78, 5) is 8.64. The van der Waals surface area contributed by atoms with E-state index in [1.54, 1.807) is 12.1 Å². The average Bonchev–Trinajstić information content (AvgIpc) is 3.04. The number of hydrogen-bond acceptors (Lipinski definition) is 9. The number of nitrogens with one attached hydrogen (secondary N) is 2. The first-order valence-electron chi connectivity index (χ1n) is 7.85. The standard InChI is InChI=1S/C14H21N7O2S2/c1-20(2)7-4-8-21-9-15-14(16-10-21)19-25(22,23)12-6-3-5-11-13(12)18-24-17-11/h3,5-6H,4,7-10H2,1-2H3,(H2,15,16,19). The lowest BCUT2D eigenvalue weighted by Gasteiger charge is -2.27. The minimum absolute atomic E-state index is 0.108. The molecule has 0 unspecified atom stereocenters. The van der Waals surface area contributed by atoms with Gasteiger partial charge in [-0.25, -0.2) is 18.1 Å². The topological polar surface area (TPSA) is 103 Å². The fourth-order valence-corrected chi connectivity index (χ4v) is 4.24. The number of benzene rings is 1. The predicted molar refractivity (Wildman–Crippen MR) is 97.9 cm³/mol. The maximum absolute atomic E-state index is 12.6. The van der Waals surface area contributed by atoms with Gasteiger partial charge in [0.15, 0.2) is 0 Å². The maximum atomic E-state index is 12.6. The van der Waals surface area contributed by atoms with E-state index in [9.17, 15) is 8.42 Å². The Morgan fingerprint density at radius 3 is 2.92 bits per heavy atom. The summed E-state index contributed by atoms with van der Waals surface area (Å²) < 4.78 is 35.9. The van der Waals surface area contributed by atoms with Crippen molar-refractivity contribution >= 4 is 38.7 Å². The molecule has 0 spiro atoms. The molecule has 1 aliphatic rings. The first-order valence-corrected chi connectivity index (χ1v) is 10.1. The molecule has 0 fully saturated rings. The average molecular weight is 384 g/mol. The van der Waals surface area contributed by atoms with E-state index < -0.39 is 10.0 Å². The molecule has 136 valence electrons. The van der Waals surface area contributed by atoms with Gasteiger partial charge in [-0.15, -0.1) is 0 Å². The van der Waals surface area contributed by atoms with Gasteiger partial charge in [0.25, 0.3) is 10.0 Å². The molecule has 0 aliphatic carbocycles. The van der Waals surface area contributed by atoms with Crippen molar-refractivity contribution in [2.75, 3.05) is 40.5 Å². The quantitative estimate of drug-likeness (QED) is 0.729. The third-order valence-electron chi connectivity index (χ3n) is 3.75. The fourth-order valence-electron chi connectivity index (χ4n) is 2.47. The van der Waals surface area contributed by atoms with Gasteiger partial charge in [-0.2, -0.15) is 8.75 Å². The van der Waals surface area contributed by atoms with Crippen molar-refractivity contribution in [1.29, 1.82) is 0 Å². The van der Waals surface area contributed by atoms with Gasteiger partial charge in [0.2, 0.25) is 5.96 Å². The van der Waals surface area contributed by atoms with Crippen LogP contribution in [0, 0.1) is 0 Å². The molecule has 2 aromatic rings. The van der Waals surface area contributed by atoms with E-state index >= 15 is 0 Å². The molecule has 2 heterocycles. The van der Waals surface area contributed by atoms with Crippen LogP contribution >= 0.6 is 11.7 Å². The number of sulfonamides is 1. The second-order valence-electron chi connectivity index (χ2n) is 6.03. The van der Waals surface area contributed by atoms with E-state index in [2.05, 4.69) is 33.6 Å². The number of fused-ring (bicyclic) bond motifs is 1. The van der Waals surface area contributed by atoms with E-state index in [-0.39, 0.29) is 10.9 Å². The summed E-state index contributed by atoms with van der Waals surface area (Å²) in [5.41, 5.74) is 0.945. The molecule has 25 heavy (non-hydrogen) atoms. The Bertz CT molecular complexity index is 863. The predicted octanol–water partition coefficient (Wildman–Crippen LogP) is 0.0975.